The summed E-state index contributed by atoms with van der Waals surface area (Å²) in [6.45, 7) is -1.76. The molecule has 3 amide bonds. The van der Waals surface area contributed by atoms with Gasteiger partial charge < -0.3 is 11.1 Å². The molecule has 1 fully saturated rings. The van der Waals surface area contributed by atoms with Gasteiger partial charge in [-0.25, -0.2) is 8.78 Å². The molecule has 1 aliphatic carbocycles. The van der Waals surface area contributed by atoms with Crippen molar-refractivity contribution in [2.75, 3.05) is 13.1 Å². The number of imide groups is 1. The van der Waals surface area contributed by atoms with Crippen LogP contribution in [0.2, 0.25) is 0 Å². The molecule has 1 aliphatic heterocycles. The molecule has 0 aromatic heterocycles. The average Bonchev–Trinajstić information content (AvgIpc) is 2.90. The molecule has 8 heteroatoms. The first-order valence-corrected chi connectivity index (χ1v) is 8.72. The van der Waals surface area contributed by atoms with Crippen LogP contribution in [0.5, 0.6) is 0 Å². The minimum absolute atomic E-state index is 0.0585. The fourth-order valence-electron chi connectivity index (χ4n) is 3.46. The van der Waals surface area contributed by atoms with E-state index in [1.807, 2.05) is 0 Å². The van der Waals surface area contributed by atoms with Crippen LogP contribution >= 0.6 is 0 Å². The molecule has 6 nitrogen and oxygen atoms in total. The van der Waals surface area contributed by atoms with E-state index in [1.165, 1.54) is 23.1 Å². The standard InChI is InChI=1S/C18H21F2N3O3/c19-18(20,9-21)10-22-15(24)11-6-7-13-14(8-11)17(26)23(16(13)25)12-4-2-1-3-5-12/h6-8,12H,1-5,9-10,21H2,(H,22,24). The number of carbonyl (C=O) groups excluding carboxylic acids is 3. The van der Waals surface area contributed by atoms with Gasteiger partial charge in [-0.05, 0) is 31.0 Å². The summed E-state index contributed by atoms with van der Waals surface area (Å²) in [5.74, 6) is -4.70. The smallest absolute Gasteiger partial charge is 0.277 e. The molecule has 0 atom stereocenters. The molecule has 2 aliphatic rings. The van der Waals surface area contributed by atoms with E-state index in [2.05, 4.69) is 5.32 Å². The molecule has 0 unspecified atom stereocenters. The summed E-state index contributed by atoms with van der Waals surface area (Å²) in [4.78, 5) is 38.6. The van der Waals surface area contributed by atoms with Crippen LogP contribution in [0.4, 0.5) is 8.78 Å². The lowest BCUT2D eigenvalue weighted by Gasteiger charge is -2.29. The molecule has 140 valence electrons. The number of amides is 3. The maximum atomic E-state index is 13.2. The number of nitrogens with two attached hydrogens (primary N) is 1. The van der Waals surface area contributed by atoms with Gasteiger partial charge in [0.25, 0.3) is 23.6 Å². The van der Waals surface area contributed by atoms with Crippen molar-refractivity contribution < 1.29 is 23.2 Å². The van der Waals surface area contributed by atoms with Crippen LogP contribution in [0, 0.1) is 0 Å². The first-order valence-electron chi connectivity index (χ1n) is 8.72. The van der Waals surface area contributed by atoms with Gasteiger partial charge in [0.1, 0.15) is 0 Å². The van der Waals surface area contributed by atoms with E-state index in [4.69, 9.17) is 5.73 Å². The largest absolute Gasteiger partial charge is 0.346 e. The van der Waals surface area contributed by atoms with Crippen molar-refractivity contribution in [1.82, 2.24) is 10.2 Å². The van der Waals surface area contributed by atoms with Gasteiger partial charge in [-0.2, -0.15) is 0 Å². The molecular weight excluding hydrogens is 344 g/mol. The van der Waals surface area contributed by atoms with Crippen molar-refractivity contribution in [2.24, 2.45) is 5.73 Å². The Balaban J connectivity index is 1.78. The predicted molar refractivity (Wildman–Crippen MR) is 90.1 cm³/mol. The average molecular weight is 365 g/mol. The minimum atomic E-state index is -3.20. The summed E-state index contributed by atoms with van der Waals surface area (Å²) in [6.07, 6.45) is 4.61. The van der Waals surface area contributed by atoms with E-state index in [0.29, 0.717) is 0 Å². The predicted octanol–water partition coefficient (Wildman–Crippen LogP) is 1.94. The van der Waals surface area contributed by atoms with Gasteiger partial charge >= 0.3 is 0 Å². The van der Waals surface area contributed by atoms with Crippen LogP contribution in [0.3, 0.4) is 0 Å². The van der Waals surface area contributed by atoms with Crippen molar-refractivity contribution >= 4 is 17.7 Å². The highest BCUT2D eigenvalue weighted by atomic mass is 19.3. The second-order valence-corrected chi connectivity index (χ2v) is 6.78. The molecule has 1 heterocycles. The summed E-state index contributed by atoms with van der Waals surface area (Å²) in [7, 11) is 0. The van der Waals surface area contributed by atoms with E-state index in [9.17, 15) is 23.2 Å². The third-order valence-corrected chi connectivity index (χ3v) is 4.93. The highest BCUT2D eigenvalue weighted by Crippen LogP contribution is 2.31. The number of alkyl halides is 2. The SMILES string of the molecule is NCC(F)(F)CNC(=O)c1ccc2c(c1)C(=O)N(C1CCCCC1)C2=O. The third kappa shape index (κ3) is 3.46. The van der Waals surface area contributed by atoms with Gasteiger partial charge in [-0.15, -0.1) is 0 Å². The normalized spacial score (nSPS) is 18.2. The summed E-state index contributed by atoms with van der Waals surface area (Å²) >= 11 is 0. The van der Waals surface area contributed by atoms with Gasteiger partial charge in [0.05, 0.1) is 24.2 Å². The third-order valence-electron chi connectivity index (χ3n) is 4.93. The molecule has 0 bridgehead atoms. The van der Waals surface area contributed by atoms with Crippen LogP contribution in [0.25, 0.3) is 0 Å². The number of rotatable bonds is 5. The monoisotopic (exact) mass is 365 g/mol. The van der Waals surface area contributed by atoms with E-state index in [1.54, 1.807) is 0 Å². The number of hydrogen-bond acceptors (Lipinski definition) is 4. The lowest BCUT2D eigenvalue weighted by Crippen LogP contribution is -2.41. The van der Waals surface area contributed by atoms with Gasteiger partial charge in [-0.1, -0.05) is 19.3 Å². The summed E-state index contributed by atoms with van der Waals surface area (Å²) < 4.78 is 26.3. The molecule has 0 radical (unpaired) electrons. The number of carbonyl (C=O) groups is 3. The Hall–Kier alpha value is -2.35. The molecular formula is C18H21F2N3O3. The summed E-state index contributed by atoms with van der Waals surface area (Å²) in [6, 6.07) is 3.96. The molecule has 0 spiro atoms. The number of nitrogens with zero attached hydrogens (tertiary/aromatic N) is 1. The number of fused-ring (bicyclic) bond motifs is 1. The second-order valence-electron chi connectivity index (χ2n) is 6.78. The molecule has 1 aromatic carbocycles. The van der Waals surface area contributed by atoms with Crippen LogP contribution in [0.1, 0.15) is 63.2 Å². The zero-order valence-electron chi connectivity index (χ0n) is 14.3. The number of nitrogens with one attached hydrogen (secondary N) is 1. The van der Waals surface area contributed by atoms with Crippen molar-refractivity contribution in [3.63, 3.8) is 0 Å². The summed E-state index contributed by atoms with van der Waals surface area (Å²) in [5.41, 5.74) is 5.40. The van der Waals surface area contributed by atoms with Gasteiger partial charge in [0.2, 0.25) is 0 Å². The number of halogens is 2. The molecule has 3 rings (SSSR count). The Labute approximate surface area is 149 Å². The Morgan fingerprint density at radius 3 is 2.46 bits per heavy atom. The molecule has 1 aromatic rings. The molecule has 3 N–H and O–H groups in total. The van der Waals surface area contributed by atoms with E-state index >= 15 is 0 Å². The minimum Gasteiger partial charge on any atom is -0.346 e. The Kier molecular flexibility index (Phi) is 5.04. The van der Waals surface area contributed by atoms with Crippen LogP contribution in [0.15, 0.2) is 18.2 Å². The maximum Gasteiger partial charge on any atom is 0.277 e. The van der Waals surface area contributed by atoms with Gasteiger partial charge in [0, 0.05) is 11.6 Å². The van der Waals surface area contributed by atoms with Gasteiger partial charge in [0.15, 0.2) is 0 Å². The quantitative estimate of drug-likeness (QED) is 0.780. The summed E-state index contributed by atoms with van der Waals surface area (Å²) in [5, 5.41) is 2.10. The van der Waals surface area contributed by atoms with Crippen LogP contribution in [-0.4, -0.2) is 47.7 Å². The van der Waals surface area contributed by atoms with E-state index in [0.717, 1.165) is 32.1 Å². The van der Waals surface area contributed by atoms with E-state index < -0.39 is 30.8 Å². The fraction of sp³-hybridized carbons (Fsp3) is 0.500. The number of hydrogen-bond donors (Lipinski definition) is 2. The fourth-order valence-corrected chi connectivity index (χ4v) is 3.46. The van der Waals surface area contributed by atoms with Crippen LogP contribution in [-0.2, 0) is 0 Å². The lowest BCUT2D eigenvalue weighted by atomic mass is 9.94. The first kappa shape index (κ1) is 18.4. The highest BCUT2D eigenvalue weighted by molar-refractivity contribution is 6.22. The lowest BCUT2D eigenvalue weighted by molar-refractivity contribution is 0.0118. The van der Waals surface area contributed by atoms with Crippen molar-refractivity contribution in [3.05, 3.63) is 34.9 Å². The van der Waals surface area contributed by atoms with Crippen LogP contribution < -0.4 is 11.1 Å². The molecule has 26 heavy (non-hydrogen) atoms. The van der Waals surface area contributed by atoms with Gasteiger partial charge in [-0.3, -0.25) is 19.3 Å². The molecule has 1 saturated carbocycles. The Morgan fingerprint density at radius 1 is 1.15 bits per heavy atom. The zero-order chi connectivity index (χ0) is 18.9. The molecule has 0 saturated heterocycles. The van der Waals surface area contributed by atoms with Crippen molar-refractivity contribution in [3.8, 4) is 0 Å². The second kappa shape index (κ2) is 7.11. The first-order chi connectivity index (χ1) is 12.3. The van der Waals surface area contributed by atoms with Crippen molar-refractivity contribution in [2.45, 2.75) is 44.1 Å². The zero-order valence-corrected chi connectivity index (χ0v) is 14.3. The van der Waals surface area contributed by atoms with Crippen molar-refractivity contribution in [1.29, 1.82) is 0 Å². The maximum absolute atomic E-state index is 13.2. The Bertz CT molecular complexity index is 745. The topological polar surface area (TPSA) is 92.5 Å². The number of benzene rings is 1. The Morgan fingerprint density at radius 2 is 1.81 bits per heavy atom. The van der Waals surface area contributed by atoms with E-state index in [-0.39, 0.29) is 28.6 Å². The highest BCUT2D eigenvalue weighted by Gasteiger charge is 2.40.